The summed E-state index contributed by atoms with van der Waals surface area (Å²) in [6.45, 7) is 2.51. The van der Waals surface area contributed by atoms with Crippen LogP contribution in [0.15, 0.2) is 36.4 Å². The molecule has 0 atom stereocenters. The van der Waals surface area contributed by atoms with Crippen molar-refractivity contribution < 1.29 is 14.3 Å². The maximum atomic E-state index is 13.4. The van der Waals surface area contributed by atoms with Gasteiger partial charge in [-0.05, 0) is 42.7 Å². The third kappa shape index (κ3) is 3.62. The summed E-state index contributed by atoms with van der Waals surface area (Å²) in [7, 11) is 0. The molecule has 24 heavy (non-hydrogen) atoms. The number of aromatic hydroxyl groups is 1. The fraction of sp³-hybridized carbons (Fsp3) is 0.278. The number of phenols is 1. The van der Waals surface area contributed by atoms with Crippen LogP contribution in [-0.4, -0.2) is 24.1 Å². The van der Waals surface area contributed by atoms with Crippen molar-refractivity contribution >= 4 is 23.2 Å². The van der Waals surface area contributed by atoms with Gasteiger partial charge in [0.25, 0.3) is 5.91 Å². The second-order valence-electron chi connectivity index (χ2n) is 5.83. The van der Waals surface area contributed by atoms with Gasteiger partial charge in [-0.1, -0.05) is 23.7 Å². The Labute approximate surface area is 144 Å². The van der Waals surface area contributed by atoms with E-state index in [-0.39, 0.29) is 10.6 Å². The van der Waals surface area contributed by atoms with Gasteiger partial charge in [0, 0.05) is 30.9 Å². The maximum Gasteiger partial charge on any atom is 0.251 e. The highest BCUT2D eigenvalue weighted by atomic mass is 35.5. The second-order valence-corrected chi connectivity index (χ2v) is 6.24. The summed E-state index contributed by atoms with van der Waals surface area (Å²) in [6.07, 6.45) is 2.45. The van der Waals surface area contributed by atoms with Gasteiger partial charge in [-0.2, -0.15) is 0 Å². The minimum atomic E-state index is -0.914. The molecule has 3 rings (SSSR count). The van der Waals surface area contributed by atoms with Gasteiger partial charge in [0.15, 0.2) is 11.6 Å². The Balaban J connectivity index is 1.61. The van der Waals surface area contributed by atoms with Crippen molar-refractivity contribution in [2.24, 2.45) is 0 Å². The number of phenolic OH excluding ortho intramolecular Hbond substituents is 1. The van der Waals surface area contributed by atoms with Gasteiger partial charge >= 0.3 is 0 Å². The van der Waals surface area contributed by atoms with Crippen LogP contribution in [-0.2, 0) is 6.54 Å². The van der Waals surface area contributed by atoms with E-state index >= 15 is 0 Å². The molecule has 0 bridgehead atoms. The highest BCUT2D eigenvalue weighted by molar-refractivity contribution is 6.32. The van der Waals surface area contributed by atoms with E-state index in [0.29, 0.717) is 6.54 Å². The number of hydrogen-bond donors (Lipinski definition) is 2. The van der Waals surface area contributed by atoms with Crippen molar-refractivity contribution in [3.05, 3.63) is 58.4 Å². The van der Waals surface area contributed by atoms with E-state index in [2.05, 4.69) is 10.2 Å². The van der Waals surface area contributed by atoms with Crippen molar-refractivity contribution in [1.29, 1.82) is 0 Å². The fourth-order valence-electron chi connectivity index (χ4n) is 2.78. The van der Waals surface area contributed by atoms with Gasteiger partial charge in [0.1, 0.15) is 0 Å². The van der Waals surface area contributed by atoms with Gasteiger partial charge in [-0.3, -0.25) is 4.79 Å². The molecule has 126 valence electrons. The molecule has 2 aromatic rings. The van der Waals surface area contributed by atoms with Crippen LogP contribution in [0.4, 0.5) is 10.1 Å². The molecule has 0 aliphatic carbocycles. The molecule has 1 aliphatic heterocycles. The number of benzene rings is 2. The first-order valence-electron chi connectivity index (χ1n) is 7.84. The van der Waals surface area contributed by atoms with Crippen molar-refractivity contribution in [2.45, 2.75) is 19.4 Å². The predicted molar refractivity (Wildman–Crippen MR) is 92.1 cm³/mol. The van der Waals surface area contributed by atoms with Gasteiger partial charge in [0.2, 0.25) is 0 Å². The van der Waals surface area contributed by atoms with E-state index in [1.54, 1.807) is 0 Å². The zero-order valence-corrected chi connectivity index (χ0v) is 13.8. The third-order valence-electron chi connectivity index (χ3n) is 4.14. The molecule has 6 heteroatoms. The normalized spacial score (nSPS) is 14.0. The molecule has 0 aromatic heterocycles. The van der Waals surface area contributed by atoms with Gasteiger partial charge in [-0.25, -0.2) is 4.39 Å². The number of amides is 1. The average Bonchev–Trinajstić information content (AvgIpc) is 3.12. The molecule has 0 spiro atoms. The molecule has 0 saturated carbocycles. The quantitative estimate of drug-likeness (QED) is 0.885. The van der Waals surface area contributed by atoms with E-state index in [1.165, 1.54) is 24.6 Å². The summed E-state index contributed by atoms with van der Waals surface area (Å²) in [4.78, 5) is 14.4. The Morgan fingerprint density at radius 2 is 1.88 bits per heavy atom. The highest BCUT2D eigenvalue weighted by Gasteiger charge is 2.14. The Morgan fingerprint density at radius 3 is 2.50 bits per heavy atom. The molecule has 1 amide bonds. The number of hydrogen-bond acceptors (Lipinski definition) is 3. The van der Waals surface area contributed by atoms with E-state index in [4.69, 9.17) is 11.6 Å². The van der Waals surface area contributed by atoms with Crippen LogP contribution >= 0.6 is 11.6 Å². The first-order valence-corrected chi connectivity index (χ1v) is 8.22. The Morgan fingerprint density at radius 1 is 1.21 bits per heavy atom. The number of carbonyl (C=O) groups excluding carboxylic acids is 1. The van der Waals surface area contributed by atoms with Crippen LogP contribution in [0.3, 0.4) is 0 Å². The van der Waals surface area contributed by atoms with Crippen molar-refractivity contribution in [2.75, 3.05) is 18.0 Å². The monoisotopic (exact) mass is 348 g/mol. The first kappa shape index (κ1) is 16.6. The molecule has 1 heterocycles. The van der Waals surface area contributed by atoms with E-state index in [0.717, 1.165) is 24.7 Å². The molecular formula is C18H18ClFN2O2. The van der Waals surface area contributed by atoms with Crippen molar-refractivity contribution in [1.82, 2.24) is 5.32 Å². The van der Waals surface area contributed by atoms with Gasteiger partial charge in [-0.15, -0.1) is 0 Å². The number of halogens is 2. The molecule has 0 unspecified atom stereocenters. The lowest BCUT2D eigenvalue weighted by molar-refractivity contribution is 0.0950. The summed E-state index contributed by atoms with van der Waals surface area (Å²) in [5.74, 6) is -2.01. The molecule has 4 nitrogen and oxygen atoms in total. The average molecular weight is 349 g/mol. The number of rotatable bonds is 4. The van der Waals surface area contributed by atoms with Crippen LogP contribution in [0, 0.1) is 5.82 Å². The zero-order valence-electron chi connectivity index (χ0n) is 13.1. The zero-order chi connectivity index (χ0) is 17.1. The largest absolute Gasteiger partial charge is 0.504 e. The Hall–Kier alpha value is -2.27. The van der Waals surface area contributed by atoms with E-state index < -0.39 is 17.5 Å². The lowest BCUT2D eigenvalue weighted by Gasteiger charge is -2.17. The summed E-state index contributed by atoms with van der Waals surface area (Å²) < 4.78 is 13.4. The summed E-state index contributed by atoms with van der Waals surface area (Å²) >= 11 is 5.69. The first-order chi connectivity index (χ1) is 11.5. The minimum absolute atomic E-state index is 0.0731. The summed E-state index contributed by atoms with van der Waals surface area (Å²) in [6, 6.07) is 10.2. The fourth-order valence-corrected chi connectivity index (χ4v) is 2.99. The van der Waals surface area contributed by atoms with Crippen LogP contribution in [0.25, 0.3) is 0 Å². The Bertz CT molecular complexity index is 720. The third-order valence-corrected chi connectivity index (χ3v) is 4.43. The smallest absolute Gasteiger partial charge is 0.251 e. The molecular weight excluding hydrogens is 331 g/mol. The number of nitrogens with zero attached hydrogens (tertiary/aromatic N) is 1. The molecule has 0 radical (unpaired) electrons. The number of anilines is 1. The molecule has 1 saturated heterocycles. The Kier molecular flexibility index (Phi) is 4.90. The molecule has 1 fully saturated rings. The molecule has 2 aromatic carbocycles. The van der Waals surface area contributed by atoms with Gasteiger partial charge < -0.3 is 15.3 Å². The van der Waals surface area contributed by atoms with Crippen molar-refractivity contribution in [3.63, 3.8) is 0 Å². The molecule has 1 aliphatic rings. The summed E-state index contributed by atoms with van der Waals surface area (Å²) in [5.41, 5.74) is 2.22. The molecule has 2 N–H and O–H groups in total. The van der Waals surface area contributed by atoms with Crippen LogP contribution < -0.4 is 10.2 Å². The summed E-state index contributed by atoms with van der Waals surface area (Å²) in [5, 5.41) is 11.8. The van der Waals surface area contributed by atoms with Crippen molar-refractivity contribution in [3.8, 4) is 5.75 Å². The highest BCUT2D eigenvalue weighted by Crippen LogP contribution is 2.27. The van der Waals surface area contributed by atoms with E-state index in [1.807, 2.05) is 24.3 Å². The standard InChI is InChI=1S/C18H18ClFN2O2/c19-15-9-13(10-16(20)17(15)23)18(24)21-11-12-3-5-14(6-4-12)22-7-1-2-8-22/h3-6,9-10,23H,1-2,7-8,11H2,(H,21,24). The lowest BCUT2D eigenvalue weighted by atomic mass is 10.1. The predicted octanol–water partition coefficient (Wildman–Crippen LogP) is 3.71. The van der Waals surface area contributed by atoms with Gasteiger partial charge in [0.05, 0.1) is 5.02 Å². The van der Waals surface area contributed by atoms with Crippen LogP contribution in [0.5, 0.6) is 5.75 Å². The minimum Gasteiger partial charge on any atom is -0.504 e. The maximum absolute atomic E-state index is 13.4. The second kappa shape index (κ2) is 7.09. The van der Waals surface area contributed by atoms with Crippen LogP contribution in [0.2, 0.25) is 5.02 Å². The number of nitrogens with one attached hydrogen (secondary N) is 1. The SMILES string of the molecule is O=C(NCc1ccc(N2CCCC2)cc1)c1cc(F)c(O)c(Cl)c1. The lowest BCUT2D eigenvalue weighted by Crippen LogP contribution is -2.23. The topological polar surface area (TPSA) is 52.6 Å². The van der Waals surface area contributed by atoms with Crippen LogP contribution in [0.1, 0.15) is 28.8 Å². The van der Waals surface area contributed by atoms with E-state index in [9.17, 15) is 14.3 Å². The number of carbonyl (C=O) groups is 1.